The highest BCUT2D eigenvalue weighted by Crippen LogP contribution is 2.28. The standard InChI is InChI=1S/C13H16N2OS/c1-3-12(16-2)13-15-11(8-17-13)9-4-6-10(14)7-5-9/h4-8,12H,3,14H2,1-2H3. The van der Waals surface area contributed by atoms with Crippen molar-refractivity contribution in [1.29, 1.82) is 0 Å². The first-order valence-corrected chi connectivity index (χ1v) is 6.46. The van der Waals surface area contributed by atoms with Crippen LogP contribution in [0.1, 0.15) is 24.5 Å². The van der Waals surface area contributed by atoms with E-state index in [1.807, 2.05) is 24.3 Å². The van der Waals surface area contributed by atoms with Crippen LogP contribution in [-0.2, 0) is 4.74 Å². The number of thiazole rings is 1. The summed E-state index contributed by atoms with van der Waals surface area (Å²) in [6.07, 6.45) is 1.04. The van der Waals surface area contributed by atoms with Gasteiger partial charge in [-0.25, -0.2) is 4.98 Å². The van der Waals surface area contributed by atoms with Gasteiger partial charge in [-0.2, -0.15) is 0 Å². The highest BCUT2D eigenvalue weighted by molar-refractivity contribution is 7.10. The van der Waals surface area contributed by atoms with Gasteiger partial charge < -0.3 is 10.5 Å². The molecule has 1 aromatic heterocycles. The quantitative estimate of drug-likeness (QED) is 0.842. The Morgan fingerprint density at radius 2 is 2.06 bits per heavy atom. The van der Waals surface area contributed by atoms with Crippen LogP contribution >= 0.6 is 11.3 Å². The largest absolute Gasteiger partial charge is 0.399 e. The molecule has 4 heteroatoms. The van der Waals surface area contributed by atoms with Crippen molar-refractivity contribution < 1.29 is 4.74 Å². The van der Waals surface area contributed by atoms with Crippen molar-refractivity contribution in [3.63, 3.8) is 0 Å². The lowest BCUT2D eigenvalue weighted by atomic mass is 10.1. The van der Waals surface area contributed by atoms with E-state index in [-0.39, 0.29) is 6.10 Å². The summed E-state index contributed by atoms with van der Waals surface area (Å²) < 4.78 is 5.38. The number of hydrogen-bond acceptors (Lipinski definition) is 4. The van der Waals surface area contributed by atoms with Gasteiger partial charge in [0, 0.05) is 23.7 Å². The number of hydrogen-bond donors (Lipinski definition) is 1. The minimum absolute atomic E-state index is 0.0996. The molecule has 2 aromatic rings. The number of anilines is 1. The van der Waals surface area contributed by atoms with Crippen LogP contribution in [0.5, 0.6) is 0 Å². The summed E-state index contributed by atoms with van der Waals surface area (Å²) in [4.78, 5) is 4.60. The average molecular weight is 248 g/mol. The molecule has 0 radical (unpaired) electrons. The Hall–Kier alpha value is -1.39. The van der Waals surface area contributed by atoms with Crippen LogP contribution < -0.4 is 5.73 Å². The number of aromatic nitrogens is 1. The highest BCUT2D eigenvalue weighted by atomic mass is 32.1. The third-order valence-electron chi connectivity index (χ3n) is 2.66. The van der Waals surface area contributed by atoms with Crippen LogP contribution in [0.2, 0.25) is 0 Å². The monoisotopic (exact) mass is 248 g/mol. The van der Waals surface area contributed by atoms with Gasteiger partial charge in [0.1, 0.15) is 11.1 Å². The van der Waals surface area contributed by atoms with E-state index in [4.69, 9.17) is 10.5 Å². The molecule has 0 amide bonds. The fourth-order valence-corrected chi connectivity index (χ4v) is 2.65. The Morgan fingerprint density at radius 3 is 2.65 bits per heavy atom. The van der Waals surface area contributed by atoms with E-state index >= 15 is 0 Å². The lowest BCUT2D eigenvalue weighted by molar-refractivity contribution is 0.0998. The molecule has 1 unspecified atom stereocenters. The molecule has 17 heavy (non-hydrogen) atoms. The molecule has 1 heterocycles. The second-order valence-corrected chi connectivity index (χ2v) is 4.72. The molecule has 90 valence electrons. The van der Waals surface area contributed by atoms with Crippen LogP contribution in [0.25, 0.3) is 11.3 Å². The van der Waals surface area contributed by atoms with Crippen molar-refractivity contribution in [3.8, 4) is 11.3 Å². The molecular weight excluding hydrogens is 232 g/mol. The van der Waals surface area contributed by atoms with E-state index in [9.17, 15) is 0 Å². The maximum Gasteiger partial charge on any atom is 0.122 e. The van der Waals surface area contributed by atoms with Gasteiger partial charge >= 0.3 is 0 Å². The third-order valence-corrected chi connectivity index (χ3v) is 3.60. The number of rotatable bonds is 4. The first kappa shape index (κ1) is 12.1. The van der Waals surface area contributed by atoms with Gasteiger partial charge in [-0.3, -0.25) is 0 Å². The molecule has 0 aliphatic carbocycles. The molecule has 0 saturated heterocycles. The van der Waals surface area contributed by atoms with Crippen molar-refractivity contribution in [2.45, 2.75) is 19.4 Å². The third kappa shape index (κ3) is 2.65. The molecule has 2 rings (SSSR count). The minimum atomic E-state index is 0.0996. The van der Waals surface area contributed by atoms with Crippen LogP contribution in [0, 0.1) is 0 Å². The summed E-state index contributed by atoms with van der Waals surface area (Å²) in [5.74, 6) is 0. The van der Waals surface area contributed by atoms with E-state index in [0.717, 1.165) is 28.4 Å². The lowest BCUT2D eigenvalue weighted by Gasteiger charge is -2.08. The van der Waals surface area contributed by atoms with E-state index in [1.54, 1.807) is 18.4 Å². The highest BCUT2D eigenvalue weighted by Gasteiger charge is 2.13. The predicted molar refractivity (Wildman–Crippen MR) is 72.0 cm³/mol. The summed E-state index contributed by atoms with van der Waals surface area (Å²) in [6.45, 7) is 2.10. The fourth-order valence-electron chi connectivity index (χ4n) is 1.66. The normalized spacial score (nSPS) is 12.6. The van der Waals surface area contributed by atoms with E-state index in [1.165, 1.54) is 0 Å². The summed E-state index contributed by atoms with van der Waals surface area (Å²) in [6, 6.07) is 7.76. The van der Waals surface area contributed by atoms with E-state index in [2.05, 4.69) is 17.3 Å². The van der Waals surface area contributed by atoms with Crippen LogP contribution in [0.15, 0.2) is 29.6 Å². The van der Waals surface area contributed by atoms with Crippen molar-refractivity contribution in [1.82, 2.24) is 4.98 Å². The molecule has 0 aliphatic rings. The number of ether oxygens (including phenoxy) is 1. The molecule has 0 spiro atoms. The SMILES string of the molecule is CCC(OC)c1nc(-c2ccc(N)cc2)cs1. The first-order chi connectivity index (χ1) is 8.24. The summed E-state index contributed by atoms with van der Waals surface area (Å²) in [5.41, 5.74) is 8.51. The van der Waals surface area contributed by atoms with Gasteiger partial charge in [0.05, 0.1) is 5.69 Å². The summed E-state index contributed by atoms with van der Waals surface area (Å²) in [5, 5.41) is 3.09. The average Bonchev–Trinajstić information content (AvgIpc) is 2.81. The van der Waals surface area contributed by atoms with E-state index < -0.39 is 0 Å². The molecular formula is C13H16N2OS. The lowest BCUT2D eigenvalue weighted by Crippen LogP contribution is -1.98. The summed E-state index contributed by atoms with van der Waals surface area (Å²) in [7, 11) is 1.72. The van der Waals surface area contributed by atoms with Gasteiger partial charge in [0.2, 0.25) is 0 Å². The van der Waals surface area contributed by atoms with Gasteiger partial charge in [-0.15, -0.1) is 11.3 Å². The maximum absolute atomic E-state index is 5.66. The van der Waals surface area contributed by atoms with Crippen molar-refractivity contribution in [3.05, 3.63) is 34.7 Å². The fraction of sp³-hybridized carbons (Fsp3) is 0.308. The second kappa shape index (κ2) is 5.29. The zero-order valence-electron chi connectivity index (χ0n) is 10.0. The zero-order valence-corrected chi connectivity index (χ0v) is 10.8. The number of nitrogen functional groups attached to an aromatic ring is 1. The van der Waals surface area contributed by atoms with Gasteiger partial charge in [-0.05, 0) is 18.6 Å². The Kier molecular flexibility index (Phi) is 3.76. The van der Waals surface area contributed by atoms with Gasteiger partial charge in [0.15, 0.2) is 0 Å². The Labute approximate surface area is 105 Å². The van der Waals surface area contributed by atoms with Crippen LogP contribution in [0.3, 0.4) is 0 Å². The smallest absolute Gasteiger partial charge is 0.122 e. The molecule has 2 N–H and O–H groups in total. The first-order valence-electron chi connectivity index (χ1n) is 5.58. The van der Waals surface area contributed by atoms with Crippen molar-refractivity contribution in [2.24, 2.45) is 0 Å². The van der Waals surface area contributed by atoms with Crippen LogP contribution in [-0.4, -0.2) is 12.1 Å². The second-order valence-electron chi connectivity index (χ2n) is 3.83. The molecule has 0 saturated carbocycles. The van der Waals surface area contributed by atoms with Crippen molar-refractivity contribution >= 4 is 17.0 Å². The molecule has 1 atom stereocenters. The zero-order chi connectivity index (χ0) is 12.3. The Morgan fingerprint density at radius 1 is 1.35 bits per heavy atom. The minimum Gasteiger partial charge on any atom is -0.399 e. The molecule has 0 bridgehead atoms. The topological polar surface area (TPSA) is 48.1 Å². The van der Waals surface area contributed by atoms with Crippen LogP contribution in [0.4, 0.5) is 5.69 Å². The molecule has 0 fully saturated rings. The number of nitrogens with zero attached hydrogens (tertiary/aromatic N) is 1. The van der Waals surface area contributed by atoms with Gasteiger partial charge in [0.25, 0.3) is 0 Å². The van der Waals surface area contributed by atoms with Crippen molar-refractivity contribution in [2.75, 3.05) is 12.8 Å². The number of benzene rings is 1. The number of nitrogens with two attached hydrogens (primary N) is 1. The molecule has 3 nitrogen and oxygen atoms in total. The molecule has 0 aliphatic heterocycles. The van der Waals surface area contributed by atoms with E-state index in [0.29, 0.717) is 0 Å². The summed E-state index contributed by atoms with van der Waals surface area (Å²) >= 11 is 1.64. The Balaban J connectivity index is 2.26. The predicted octanol–water partition coefficient (Wildman–Crippen LogP) is 3.49. The molecule has 1 aromatic carbocycles. The maximum atomic E-state index is 5.66. The number of methoxy groups -OCH3 is 1. The Bertz CT molecular complexity index is 474. The van der Waals surface area contributed by atoms with Gasteiger partial charge in [-0.1, -0.05) is 19.1 Å².